The number of nitrogens with zero attached hydrogens (tertiary/aromatic N) is 2. The molecule has 0 saturated heterocycles. The van der Waals surface area contributed by atoms with E-state index in [1.54, 1.807) is 0 Å². The van der Waals surface area contributed by atoms with Gasteiger partial charge in [-0.15, -0.1) is 0 Å². The highest BCUT2D eigenvalue weighted by atomic mass is 32.2. The number of amides is 1. The molecule has 114 valence electrons. The minimum absolute atomic E-state index is 0.0429. The van der Waals surface area contributed by atoms with E-state index in [1.165, 1.54) is 28.5 Å². The Morgan fingerprint density at radius 3 is 2.91 bits per heavy atom. The van der Waals surface area contributed by atoms with Crippen LogP contribution in [0.1, 0.15) is 12.5 Å². The van der Waals surface area contributed by atoms with Crippen molar-refractivity contribution in [3.63, 3.8) is 0 Å². The number of hydrogen-bond acceptors (Lipinski definition) is 5. The number of aromatic hydroxyl groups is 1. The molecule has 22 heavy (non-hydrogen) atoms. The summed E-state index contributed by atoms with van der Waals surface area (Å²) in [4.78, 5) is 28.4. The molecule has 0 atom stereocenters. The molecule has 2 aromatic rings. The number of hydrogen-bond donors (Lipinski definition) is 2. The van der Waals surface area contributed by atoms with Gasteiger partial charge in [-0.2, -0.15) is 0 Å². The first-order valence-electron chi connectivity index (χ1n) is 6.58. The summed E-state index contributed by atoms with van der Waals surface area (Å²) in [6, 6.07) is 3.67. The van der Waals surface area contributed by atoms with Gasteiger partial charge in [-0.1, -0.05) is 18.7 Å². The van der Waals surface area contributed by atoms with Crippen molar-refractivity contribution < 1.29 is 14.3 Å². The third-order valence-corrected chi connectivity index (χ3v) is 4.02. The quantitative estimate of drug-likeness (QED) is 0.664. The van der Waals surface area contributed by atoms with E-state index in [4.69, 9.17) is 0 Å². The summed E-state index contributed by atoms with van der Waals surface area (Å²) in [5.74, 6) is -0.693. The number of halogens is 1. The molecule has 0 saturated carbocycles. The number of carbonyl (C=O) groups excluding carboxylic acids is 1. The van der Waals surface area contributed by atoms with Crippen LogP contribution in [0.25, 0.3) is 5.69 Å². The van der Waals surface area contributed by atoms with Crippen LogP contribution in [0.5, 0.6) is 5.75 Å². The van der Waals surface area contributed by atoms with E-state index in [2.05, 4.69) is 10.3 Å². The van der Waals surface area contributed by atoms with Gasteiger partial charge in [-0.05, 0) is 17.9 Å². The SMILES string of the molecule is CCSc1nc2c(c(=O)n1-c1ccc(O)c(F)c1)CC(=O)N2. The lowest BCUT2D eigenvalue weighted by Gasteiger charge is -2.13. The van der Waals surface area contributed by atoms with Crippen LogP contribution in [0, 0.1) is 5.82 Å². The summed E-state index contributed by atoms with van der Waals surface area (Å²) in [6.07, 6.45) is -0.0429. The largest absolute Gasteiger partial charge is 0.505 e. The van der Waals surface area contributed by atoms with Gasteiger partial charge in [0.05, 0.1) is 17.7 Å². The molecule has 1 amide bonds. The lowest BCUT2D eigenvalue weighted by molar-refractivity contribution is -0.115. The molecule has 6 nitrogen and oxygen atoms in total. The van der Waals surface area contributed by atoms with E-state index < -0.39 is 17.1 Å². The molecule has 0 spiro atoms. The average molecular weight is 321 g/mol. The van der Waals surface area contributed by atoms with Gasteiger partial charge in [0.25, 0.3) is 5.56 Å². The zero-order valence-corrected chi connectivity index (χ0v) is 12.4. The summed E-state index contributed by atoms with van der Waals surface area (Å²) in [6.45, 7) is 1.89. The molecule has 1 aromatic carbocycles. The Morgan fingerprint density at radius 1 is 1.45 bits per heavy atom. The van der Waals surface area contributed by atoms with Crippen molar-refractivity contribution >= 4 is 23.5 Å². The smallest absolute Gasteiger partial charge is 0.264 e. The van der Waals surface area contributed by atoms with Crippen molar-refractivity contribution in [2.24, 2.45) is 0 Å². The maximum Gasteiger partial charge on any atom is 0.264 e. The number of anilines is 1. The molecule has 0 unspecified atom stereocenters. The van der Waals surface area contributed by atoms with Crippen LogP contribution in [0.15, 0.2) is 28.2 Å². The summed E-state index contributed by atoms with van der Waals surface area (Å²) in [7, 11) is 0. The molecule has 2 heterocycles. The number of rotatable bonds is 3. The standard InChI is InChI=1S/C14H12FN3O3S/c1-2-22-14-17-12-8(6-11(20)16-12)13(21)18(14)7-3-4-10(19)9(15)5-7/h3-5,19H,2,6H2,1H3,(H,16,20). The third kappa shape index (κ3) is 2.35. The number of fused-ring (bicyclic) bond motifs is 1. The fourth-order valence-electron chi connectivity index (χ4n) is 2.22. The van der Waals surface area contributed by atoms with Gasteiger partial charge >= 0.3 is 0 Å². The Hall–Kier alpha value is -2.35. The first-order valence-corrected chi connectivity index (χ1v) is 7.57. The summed E-state index contributed by atoms with van der Waals surface area (Å²) >= 11 is 1.30. The summed E-state index contributed by atoms with van der Waals surface area (Å²) in [5, 5.41) is 12.2. The van der Waals surface area contributed by atoms with E-state index >= 15 is 0 Å². The van der Waals surface area contributed by atoms with Crippen molar-refractivity contribution in [3.05, 3.63) is 39.9 Å². The molecule has 1 aliphatic rings. The molecular formula is C14H12FN3O3S. The van der Waals surface area contributed by atoms with Gasteiger partial charge in [0.2, 0.25) is 5.91 Å². The molecule has 0 bridgehead atoms. The van der Waals surface area contributed by atoms with E-state index in [0.717, 1.165) is 6.07 Å². The Bertz CT molecular complexity index is 835. The van der Waals surface area contributed by atoms with Gasteiger partial charge < -0.3 is 10.4 Å². The Labute approximate surface area is 129 Å². The molecule has 3 rings (SSSR count). The zero-order chi connectivity index (χ0) is 15.9. The van der Waals surface area contributed by atoms with Crippen molar-refractivity contribution in [1.82, 2.24) is 9.55 Å². The van der Waals surface area contributed by atoms with Gasteiger partial charge in [0.1, 0.15) is 5.82 Å². The minimum Gasteiger partial charge on any atom is -0.505 e. The molecule has 2 N–H and O–H groups in total. The lowest BCUT2D eigenvalue weighted by Crippen LogP contribution is -2.24. The lowest BCUT2D eigenvalue weighted by atomic mass is 10.2. The number of thioether (sulfide) groups is 1. The van der Waals surface area contributed by atoms with Crippen molar-refractivity contribution in [3.8, 4) is 11.4 Å². The van der Waals surface area contributed by atoms with Gasteiger partial charge in [0, 0.05) is 6.07 Å². The highest BCUT2D eigenvalue weighted by molar-refractivity contribution is 7.99. The second-order valence-electron chi connectivity index (χ2n) is 4.66. The van der Waals surface area contributed by atoms with Gasteiger partial charge in [0.15, 0.2) is 16.7 Å². The van der Waals surface area contributed by atoms with Crippen molar-refractivity contribution in [1.29, 1.82) is 0 Å². The number of carbonyl (C=O) groups is 1. The van der Waals surface area contributed by atoms with Crippen LogP contribution in [0.2, 0.25) is 0 Å². The van der Waals surface area contributed by atoms with E-state index in [1.807, 2.05) is 6.92 Å². The van der Waals surface area contributed by atoms with Crippen LogP contribution in [0.4, 0.5) is 10.2 Å². The van der Waals surface area contributed by atoms with Crippen molar-refractivity contribution in [2.45, 2.75) is 18.5 Å². The maximum atomic E-state index is 13.6. The van der Waals surface area contributed by atoms with E-state index in [-0.39, 0.29) is 29.4 Å². The molecule has 1 aromatic heterocycles. The number of phenols is 1. The fraction of sp³-hybridized carbons (Fsp3) is 0.214. The van der Waals surface area contributed by atoms with Crippen LogP contribution >= 0.6 is 11.8 Å². The Kier molecular flexibility index (Phi) is 3.61. The third-order valence-electron chi connectivity index (χ3n) is 3.20. The molecule has 8 heteroatoms. The van der Waals surface area contributed by atoms with Crippen LogP contribution < -0.4 is 10.9 Å². The minimum atomic E-state index is -0.827. The van der Waals surface area contributed by atoms with Crippen LogP contribution in [-0.4, -0.2) is 26.3 Å². The molecule has 0 radical (unpaired) electrons. The predicted octanol–water partition coefficient (Wildman–Crippen LogP) is 1.68. The first kappa shape index (κ1) is 14.6. The molecule has 0 aliphatic carbocycles. The average Bonchev–Trinajstić information content (AvgIpc) is 2.84. The zero-order valence-electron chi connectivity index (χ0n) is 11.6. The number of benzene rings is 1. The second-order valence-corrected chi connectivity index (χ2v) is 5.89. The summed E-state index contributed by atoms with van der Waals surface area (Å²) < 4.78 is 14.9. The van der Waals surface area contributed by atoms with Crippen LogP contribution in [0.3, 0.4) is 0 Å². The highest BCUT2D eigenvalue weighted by Crippen LogP contribution is 2.26. The predicted molar refractivity (Wildman–Crippen MR) is 80.2 cm³/mol. The first-order chi connectivity index (χ1) is 10.5. The van der Waals surface area contributed by atoms with Crippen LogP contribution in [-0.2, 0) is 11.2 Å². The van der Waals surface area contributed by atoms with E-state index in [0.29, 0.717) is 10.9 Å². The summed E-state index contributed by atoms with van der Waals surface area (Å²) in [5.41, 5.74) is 0.106. The fourth-order valence-corrected chi connectivity index (χ4v) is 2.96. The topological polar surface area (TPSA) is 84.2 Å². The number of nitrogens with one attached hydrogen (secondary N) is 1. The maximum absolute atomic E-state index is 13.6. The highest BCUT2D eigenvalue weighted by Gasteiger charge is 2.26. The van der Waals surface area contributed by atoms with E-state index in [9.17, 15) is 19.1 Å². The second kappa shape index (κ2) is 5.45. The van der Waals surface area contributed by atoms with Crippen molar-refractivity contribution in [2.75, 3.05) is 11.1 Å². The molecule has 0 fully saturated rings. The molecule has 1 aliphatic heterocycles. The number of phenolic OH excluding ortho intramolecular Hbond substituents is 1. The monoisotopic (exact) mass is 321 g/mol. The normalized spacial score (nSPS) is 13.1. The number of aromatic nitrogens is 2. The van der Waals surface area contributed by atoms with Gasteiger partial charge in [-0.25, -0.2) is 9.37 Å². The molecular weight excluding hydrogens is 309 g/mol. The Morgan fingerprint density at radius 2 is 2.23 bits per heavy atom. The Balaban J connectivity index is 2.25. The van der Waals surface area contributed by atoms with Gasteiger partial charge in [-0.3, -0.25) is 14.2 Å².